The molecule has 1 aromatic rings. The first-order chi connectivity index (χ1) is 5.20. The number of nitrogens with two attached hydrogens (primary N) is 1. The van der Waals surface area contributed by atoms with Crippen LogP contribution in [0.5, 0.6) is 0 Å². The van der Waals surface area contributed by atoms with Gasteiger partial charge in [0.15, 0.2) is 0 Å². The van der Waals surface area contributed by atoms with Crippen molar-refractivity contribution in [3.63, 3.8) is 0 Å². The van der Waals surface area contributed by atoms with Crippen molar-refractivity contribution in [1.29, 1.82) is 0 Å². The predicted molar refractivity (Wildman–Crippen MR) is 44.2 cm³/mol. The van der Waals surface area contributed by atoms with E-state index in [0.717, 1.165) is 5.69 Å². The number of nitrogens with zero attached hydrogens (tertiary/aromatic N) is 3. The van der Waals surface area contributed by atoms with Gasteiger partial charge in [-0.05, 0) is 6.92 Å². The van der Waals surface area contributed by atoms with E-state index in [2.05, 4.69) is 9.98 Å². The van der Waals surface area contributed by atoms with Crippen LogP contribution in [-0.4, -0.2) is 15.4 Å². The van der Waals surface area contributed by atoms with E-state index < -0.39 is 0 Å². The average Bonchev–Trinajstić information content (AvgIpc) is 2.31. The maximum atomic E-state index is 5.38. The Labute approximate surface area is 65.8 Å². The molecule has 60 valence electrons. The molecular formula is C7H12N4. The largest absolute Gasteiger partial charge is 0.388 e. The molecule has 11 heavy (non-hydrogen) atoms. The molecule has 0 aliphatic heterocycles. The number of imidazole rings is 1. The van der Waals surface area contributed by atoms with E-state index in [4.69, 9.17) is 5.73 Å². The number of aromatic nitrogens is 2. The molecule has 0 aliphatic rings. The lowest BCUT2D eigenvalue weighted by Gasteiger charge is -1.96. The van der Waals surface area contributed by atoms with Gasteiger partial charge in [0.05, 0.1) is 30.6 Å². The third kappa shape index (κ3) is 2.07. The van der Waals surface area contributed by atoms with Gasteiger partial charge in [-0.2, -0.15) is 0 Å². The van der Waals surface area contributed by atoms with E-state index >= 15 is 0 Å². The van der Waals surface area contributed by atoms with E-state index in [-0.39, 0.29) is 0 Å². The molecule has 4 nitrogen and oxygen atoms in total. The van der Waals surface area contributed by atoms with Gasteiger partial charge in [-0.3, -0.25) is 4.99 Å². The van der Waals surface area contributed by atoms with Crippen LogP contribution in [0.25, 0.3) is 0 Å². The minimum Gasteiger partial charge on any atom is -0.388 e. The van der Waals surface area contributed by atoms with E-state index in [1.54, 1.807) is 19.4 Å². The molecule has 0 unspecified atom stereocenters. The molecule has 0 spiro atoms. The van der Waals surface area contributed by atoms with Crippen LogP contribution in [0, 0.1) is 0 Å². The van der Waals surface area contributed by atoms with E-state index in [0.29, 0.717) is 12.4 Å². The first kappa shape index (κ1) is 7.78. The Morgan fingerprint density at radius 2 is 2.55 bits per heavy atom. The third-order valence-corrected chi connectivity index (χ3v) is 1.41. The number of aryl methyl sites for hydroxylation is 1. The van der Waals surface area contributed by atoms with Crippen molar-refractivity contribution in [2.45, 2.75) is 13.5 Å². The van der Waals surface area contributed by atoms with E-state index in [1.807, 2.05) is 11.6 Å². The first-order valence-electron chi connectivity index (χ1n) is 3.42. The molecular weight excluding hydrogens is 140 g/mol. The van der Waals surface area contributed by atoms with Gasteiger partial charge in [0.2, 0.25) is 0 Å². The predicted octanol–water partition coefficient (Wildman–Crippen LogP) is 0.297. The minimum atomic E-state index is 0.603. The maximum absolute atomic E-state index is 5.38. The van der Waals surface area contributed by atoms with Crippen molar-refractivity contribution in [2.75, 3.05) is 0 Å². The van der Waals surface area contributed by atoms with Gasteiger partial charge >= 0.3 is 0 Å². The molecule has 0 aromatic carbocycles. The summed E-state index contributed by atoms with van der Waals surface area (Å²) in [6.07, 6.45) is 3.53. The standard InChI is InChI=1S/C7H12N4/c1-6(8)10-4-7-3-9-5-11(7)2/h3,5H,4H2,1-2H3,(H2,8,10). The summed E-state index contributed by atoms with van der Waals surface area (Å²) in [6, 6.07) is 0. The van der Waals surface area contributed by atoms with Crippen molar-refractivity contribution >= 4 is 5.84 Å². The quantitative estimate of drug-likeness (QED) is 0.489. The topological polar surface area (TPSA) is 56.2 Å². The summed E-state index contributed by atoms with van der Waals surface area (Å²) >= 11 is 0. The second kappa shape index (κ2) is 3.18. The summed E-state index contributed by atoms with van der Waals surface area (Å²) in [4.78, 5) is 8.01. The van der Waals surface area contributed by atoms with Crippen molar-refractivity contribution in [2.24, 2.45) is 17.8 Å². The Kier molecular flexibility index (Phi) is 2.25. The smallest absolute Gasteiger partial charge is 0.0946 e. The fraction of sp³-hybridized carbons (Fsp3) is 0.429. The fourth-order valence-corrected chi connectivity index (χ4v) is 0.743. The van der Waals surface area contributed by atoms with Gasteiger partial charge in [-0.15, -0.1) is 0 Å². The molecule has 1 heterocycles. The molecule has 1 aromatic heterocycles. The highest BCUT2D eigenvalue weighted by atomic mass is 15.0. The van der Waals surface area contributed by atoms with Gasteiger partial charge < -0.3 is 10.3 Å². The maximum Gasteiger partial charge on any atom is 0.0946 e. The number of hydrogen-bond donors (Lipinski definition) is 1. The van der Waals surface area contributed by atoms with Crippen molar-refractivity contribution in [3.8, 4) is 0 Å². The second-order valence-electron chi connectivity index (χ2n) is 2.45. The minimum absolute atomic E-state index is 0.603. The molecule has 0 radical (unpaired) electrons. The molecule has 0 amide bonds. The molecule has 0 aliphatic carbocycles. The molecule has 1 rings (SSSR count). The number of rotatable bonds is 2. The van der Waals surface area contributed by atoms with Crippen LogP contribution in [0.2, 0.25) is 0 Å². The van der Waals surface area contributed by atoms with E-state index in [9.17, 15) is 0 Å². The van der Waals surface area contributed by atoms with Crippen molar-refractivity contribution < 1.29 is 0 Å². The fourth-order valence-electron chi connectivity index (χ4n) is 0.743. The summed E-state index contributed by atoms with van der Waals surface area (Å²) < 4.78 is 1.92. The number of hydrogen-bond acceptors (Lipinski definition) is 2. The Bertz CT molecular complexity index is 257. The number of aliphatic imine (C=N–C) groups is 1. The van der Waals surface area contributed by atoms with Crippen molar-refractivity contribution in [1.82, 2.24) is 9.55 Å². The highest BCUT2D eigenvalue weighted by molar-refractivity contribution is 5.77. The van der Waals surface area contributed by atoms with Crippen LogP contribution in [0.15, 0.2) is 17.5 Å². The monoisotopic (exact) mass is 152 g/mol. The summed E-state index contributed by atoms with van der Waals surface area (Å²) in [5, 5.41) is 0. The van der Waals surface area contributed by atoms with Crippen LogP contribution < -0.4 is 5.73 Å². The Hall–Kier alpha value is -1.32. The molecule has 0 saturated carbocycles. The normalized spacial score (nSPS) is 12.0. The van der Waals surface area contributed by atoms with Gasteiger partial charge in [0, 0.05) is 7.05 Å². The van der Waals surface area contributed by atoms with E-state index in [1.165, 1.54) is 0 Å². The highest BCUT2D eigenvalue weighted by Gasteiger charge is 1.94. The van der Waals surface area contributed by atoms with Gasteiger partial charge in [0.1, 0.15) is 0 Å². The summed E-state index contributed by atoms with van der Waals surface area (Å²) in [5.41, 5.74) is 6.44. The average molecular weight is 152 g/mol. The Morgan fingerprint density at radius 3 is 3.00 bits per heavy atom. The summed E-state index contributed by atoms with van der Waals surface area (Å²) in [6.45, 7) is 2.38. The Balaban J connectivity index is 2.65. The highest BCUT2D eigenvalue weighted by Crippen LogP contribution is 1.97. The van der Waals surface area contributed by atoms with Crippen LogP contribution in [0.1, 0.15) is 12.6 Å². The zero-order valence-corrected chi connectivity index (χ0v) is 6.78. The van der Waals surface area contributed by atoms with Crippen LogP contribution in [0.4, 0.5) is 0 Å². The lowest BCUT2D eigenvalue weighted by molar-refractivity contribution is 0.820. The lowest BCUT2D eigenvalue weighted by Crippen LogP contribution is -2.06. The zero-order valence-electron chi connectivity index (χ0n) is 6.78. The second-order valence-corrected chi connectivity index (χ2v) is 2.45. The molecule has 0 atom stereocenters. The Morgan fingerprint density at radius 1 is 1.82 bits per heavy atom. The van der Waals surface area contributed by atoms with Crippen LogP contribution >= 0.6 is 0 Å². The lowest BCUT2D eigenvalue weighted by atomic mass is 10.5. The van der Waals surface area contributed by atoms with Crippen LogP contribution in [0.3, 0.4) is 0 Å². The summed E-state index contributed by atoms with van der Waals surface area (Å²) in [5.74, 6) is 0.603. The number of amidine groups is 1. The molecule has 0 bridgehead atoms. The van der Waals surface area contributed by atoms with Crippen molar-refractivity contribution in [3.05, 3.63) is 18.2 Å². The summed E-state index contributed by atoms with van der Waals surface area (Å²) in [7, 11) is 1.93. The van der Waals surface area contributed by atoms with Gasteiger partial charge in [-0.25, -0.2) is 4.98 Å². The van der Waals surface area contributed by atoms with Gasteiger partial charge in [-0.1, -0.05) is 0 Å². The molecule has 4 heteroatoms. The third-order valence-electron chi connectivity index (χ3n) is 1.41. The molecule has 0 saturated heterocycles. The zero-order chi connectivity index (χ0) is 8.27. The molecule has 2 N–H and O–H groups in total. The first-order valence-corrected chi connectivity index (χ1v) is 3.42. The SMILES string of the molecule is CC(N)=NCc1cncn1C. The van der Waals surface area contributed by atoms with Crippen LogP contribution in [-0.2, 0) is 13.6 Å². The molecule has 0 fully saturated rings. The van der Waals surface area contributed by atoms with Gasteiger partial charge in [0.25, 0.3) is 0 Å².